The van der Waals surface area contributed by atoms with Crippen molar-refractivity contribution in [1.29, 1.82) is 0 Å². The molecule has 1 fully saturated rings. The molecule has 2 heterocycles. The van der Waals surface area contributed by atoms with Crippen LogP contribution in [0.5, 0.6) is 0 Å². The fraction of sp³-hybridized carbons (Fsp3) is 0.522. The molecule has 2 aliphatic heterocycles. The van der Waals surface area contributed by atoms with Crippen molar-refractivity contribution in [3.05, 3.63) is 48.0 Å². The van der Waals surface area contributed by atoms with Gasteiger partial charge in [-0.2, -0.15) is 0 Å². The summed E-state index contributed by atoms with van der Waals surface area (Å²) < 4.78 is 19.2. The first-order valence-corrected chi connectivity index (χ1v) is 10.2. The van der Waals surface area contributed by atoms with Crippen molar-refractivity contribution in [1.82, 2.24) is 4.90 Å². The summed E-state index contributed by atoms with van der Waals surface area (Å²) >= 11 is 0. The van der Waals surface area contributed by atoms with E-state index in [1.54, 1.807) is 18.5 Å². The van der Waals surface area contributed by atoms with Crippen molar-refractivity contribution in [3.63, 3.8) is 0 Å². The Bertz CT molecular complexity index is 816. The second-order valence-electron chi connectivity index (χ2n) is 8.73. The minimum absolute atomic E-state index is 0.0480. The van der Waals surface area contributed by atoms with Crippen LogP contribution in [0.4, 0.5) is 4.39 Å². The number of carbonyl (C=O) groups excluding carboxylic acids is 1. The summed E-state index contributed by atoms with van der Waals surface area (Å²) in [6.07, 6.45) is 5.95. The molecule has 1 aromatic rings. The van der Waals surface area contributed by atoms with E-state index < -0.39 is 0 Å². The number of ketones is 1. The average Bonchev–Trinajstić information content (AvgIpc) is 2.85. The van der Waals surface area contributed by atoms with Gasteiger partial charge in [-0.3, -0.25) is 14.7 Å². The summed E-state index contributed by atoms with van der Waals surface area (Å²) in [5.74, 6) is 0.650. The van der Waals surface area contributed by atoms with Gasteiger partial charge in [0.15, 0.2) is 5.90 Å². The highest BCUT2D eigenvalue weighted by molar-refractivity contribution is 6.03. The van der Waals surface area contributed by atoms with Gasteiger partial charge < -0.3 is 4.74 Å². The molecule has 156 valence electrons. The standard InChI is InChI=1S/C23H30FN3O2/c1-23(2,3)29-22-15-20(25-9-10-26-22)16-27-11-7-18(8-12-27)21(28)14-17-5-4-6-19(24)13-17/h4-6,9-10,13,18H,7-8,11-12,14-16H2,1-3H3. The van der Waals surface area contributed by atoms with Gasteiger partial charge in [-0.25, -0.2) is 9.38 Å². The molecule has 0 spiro atoms. The Morgan fingerprint density at radius 2 is 1.93 bits per heavy atom. The quantitative estimate of drug-likeness (QED) is 0.746. The van der Waals surface area contributed by atoms with Gasteiger partial charge in [0.25, 0.3) is 0 Å². The van der Waals surface area contributed by atoms with Gasteiger partial charge >= 0.3 is 0 Å². The summed E-state index contributed by atoms with van der Waals surface area (Å²) in [6.45, 7) is 8.48. The molecule has 0 aromatic heterocycles. The number of ether oxygens (including phenoxy) is 1. The second-order valence-corrected chi connectivity index (χ2v) is 8.73. The summed E-state index contributed by atoms with van der Waals surface area (Å²) in [6, 6.07) is 6.32. The first-order valence-electron chi connectivity index (χ1n) is 10.2. The third-order valence-corrected chi connectivity index (χ3v) is 5.04. The predicted octanol–water partition coefficient (Wildman–Crippen LogP) is 4.18. The molecular weight excluding hydrogens is 369 g/mol. The lowest BCUT2D eigenvalue weighted by Gasteiger charge is -2.31. The highest BCUT2D eigenvalue weighted by Gasteiger charge is 2.26. The number of aliphatic imine (C=N–C) groups is 2. The molecule has 0 radical (unpaired) electrons. The molecule has 1 saturated heterocycles. The monoisotopic (exact) mass is 399 g/mol. The zero-order chi connectivity index (χ0) is 20.9. The van der Waals surface area contributed by atoms with Crippen LogP contribution in [0.1, 0.15) is 45.6 Å². The van der Waals surface area contributed by atoms with Crippen LogP contribution < -0.4 is 0 Å². The third-order valence-electron chi connectivity index (χ3n) is 5.04. The zero-order valence-electron chi connectivity index (χ0n) is 17.5. The Hall–Kier alpha value is -2.34. The molecule has 29 heavy (non-hydrogen) atoms. The summed E-state index contributed by atoms with van der Waals surface area (Å²) in [7, 11) is 0. The maximum atomic E-state index is 13.3. The molecule has 0 amide bonds. The van der Waals surface area contributed by atoms with Crippen molar-refractivity contribution < 1.29 is 13.9 Å². The Labute approximate surface area is 172 Å². The van der Waals surface area contributed by atoms with Crippen LogP contribution in [-0.4, -0.2) is 47.5 Å². The molecule has 6 heteroatoms. The molecule has 5 nitrogen and oxygen atoms in total. The van der Waals surface area contributed by atoms with Gasteiger partial charge in [-0.1, -0.05) is 12.1 Å². The SMILES string of the molecule is CC(C)(C)OC1=NC=CN=C(CN2CCC(C(=O)Cc3cccc(F)c3)CC2)C1. The Morgan fingerprint density at radius 1 is 1.21 bits per heavy atom. The lowest BCUT2D eigenvalue weighted by atomic mass is 9.89. The van der Waals surface area contributed by atoms with Crippen molar-refractivity contribution in [3.8, 4) is 0 Å². The van der Waals surface area contributed by atoms with Crippen molar-refractivity contribution in [2.75, 3.05) is 19.6 Å². The number of hydrogen-bond donors (Lipinski definition) is 0. The number of halogens is 1. The van der Waals surface area contributed by atoms with E-state index >= 15 is 0 Å². The van der Waals surface area contributed by atoms with E-state index in [1.807, 2.05) is 26.8 Å². The molecule has 0 N–H and O–H groups in total. The van der Waals surface area contributed by atoms with Gasteiger partial charge in [0.1, 0.15) is 17.2 Å². The van der Waals surface area contributed by atoms with Gasteiger partial charge in [-0.15, -0.1) is 0 Å². The maximum absolute atomic E-state index is 13.3. The van der Waals surface area contributed by atoms with Crippen molar-refractivity contribution in [2.24, 2.45) is 15.9 Å². The van der Waals surface area contributed by atoms with E-state index in [0.717, 1.165) is 43.8 Å². The number of likely N-dealkylation sites (tertiary alicyclic amines) is 1. The first kappa shape index (κ1) is 21.4. The topological polar surface area (TPSA) is 54.3 Å². The zero-order valence-corrected chi connectivity index (χ0v) is 17.5. The molecular formula is C23H30FN3O2. The fourth-order valence-corrected chi connectivity index (χ4v) is 3.70. The van der Waals surface area contributed by atoms with Crippen LogP contribution in [0, 0.1) is 11.7 Å². The number of hydrogen-bond acceptors (Lipinski definition) is 5. The Kier molecular flexibility index (Phi) is 6.96. The smallest absolute Gasteiger partial charge is 0.194 e. The number of piperidine rings is 1. The van der Waals surface area contributed by atoms with E-state index in [0.29, 0.717) is 18.7 Å². The number of Topliss-reactive ketones (excluding diaryl/α,β-unsaturated/α-hetero) is 1. The van der Waals surface area contributed by atoms with E-state index in [2.05, 4.69) is 14.9 Å². The van der Waals surface area contributed by atoms with E-state index in [-0.39, 0.29) is 23.1 Å². The molecule has 3 rings (SSSR count). The van der Waals surface area contributed by atoms with Gasteiger partial charge in [0.05, 0.1) is 6.42 Å². The molecule has 0 unspecified atom stereocenters. The number of benzene rings is 1. The first-order chi connectivity index (χ1) is 13.8. The lowest BCUT2D eigenvalue weighted by Crippen LogP contribution is -2.40. The maximum Gasteiger partial charge on any atom is 0.194 e. The number of carbonyl (C=O) groups is 1. The van der Waals surface area contributed by atoms with Gasteiger partial charge in [0.2, 0.25) is 0 Å². The second kappa shape index (κ2) is 9.44. The number of rotatable bonds is 5. The van der Waals surface area contributed by atoms with Crippen LogP contribution in [0.25, 0.3) is 0 Å². The predicted molar refractivity (Wildman–Crippen MR) is 114 cm³/mol. The van der Waals surface area contributed by atoms with Crippen molar-refractivity contribution in [2.45, 2.75) is 52.1 Å². The molecule has 0 aliphatic carbocycles. The van der Waals surface area contributed by atoms with Crippen LogP contribution in [-0.2, 0) is 16.0 Å². The molecule has 1 aromatic carbocycles. The lowest BCUT2D eigenvalue weighted by molar-refractivity contribution is -0.123. The van der Waals surface area contributed by atoms with Crippen LogP contribution >= 0.6 is 0 Å². The van der Waals surface area contributed by atoms with Crippen LogP contribution in [0.2, 0.25) is 0 Å². The molecule has 2 aliphatic rings. The highest BCUT2D eigenvalue weighted by Crippen LogP contribution is 2.21. The molecule has 0 bridgehead atoms. The highest BCUT2D eigenvalue weighted by atomic mass is 19.1. The fourth-order valence-electron chi connectivity index (χ4n) is 3.70. The van der Waals surface area contributed by atoms with E-state index in [1.165, 1.54) is 12.1 Å². The number of nitrogens with zero attached hydrogens (tertiary/aromatic N) is 3. The normalized spacial score (nSPS) is 18.8. The summed E-state index contributed by atoms with van der Waals surface area (Å²) in [5, 5.41) is 0. The van der Waals surface area contributed by atoms with Crippen LogP contribution in [0.3, 0.4) is 0 Å². The minimum atomic E-state index is -0.290. The average molecular weight is 400 g/mol. The largest absolute Gasteiger partial charge is 0.475 e. The van der Waals surface area contributed by atoms with E-state index in [4.69, 9.17) is 4.74 Å². The molecule has 0 saturated carbocycles. The van der Waals surface area contributed by atoms with Crippen molar-refractivity contribution >= 4 is 17.4 Å². The van der Waals surface area contributed by atoms with Gasteiger partial charge in [-0.05, 0) is 64.4 Å². The van der Waals surface area contributed by atoms with E-state index in [9.17, 15) is 9.18 Å². The minimum Gasteiger partial charge on any atom is -0.475 e. The summed E-state index contributed by atoms with van der Waals surface area (Å²) in [5.41, 5.74) is 1.48. The molecule has 0 atom stereocenters. The van der Waals surface area contributed by atoms with Gasteiger partial charge in [0, 0.05) is 37.0 Å². The summed E-state index contributed by atoms with van der Waals surface area (Å²) in [4.78, 5) is 23.8. The van der Waals surface area contributed by atoms with Crippen LogP contribution in [0.15, 0.2) is 46.7 Å². The Balaban J connectivity index is 1.48. The third kappa shape index (κ3) is 6.89. The Morgan fingerprint density at radius 3 is 2.62 bits per heavy atom.